The molecule has 1 unspecified atom stereocenters. The molecule has 0 radical (unpaired) electrons. The second kappa shape index (κ2) is 8.14. The number of amides is 2. The minimum absolute atomic E-state index is 0.0962. The van der Waals surface area contributed by atoms with E-state index in [9.17, 15) is 9.59 Å². The highest BCUT2D eigenvalue weighted by atomic mass is 16.6. The molecule has 0 aromatic heterocycles. The number of hydrogen-bond donors (Lipinski definition) is 1. The van der Waals surface area contributed by atoms with Gasteiger partial charge in [0.15, 0.2) is 0 Å². The zero-order chi connectivity index (χ0) is 17.6. The van der Waals surface area contributed by atoms with Crippen LogP contribution in [-0.4, -0.2) is 41.6 Å². The monoisotopic (exact) mass is 343 g/mol. The summed E-state index contributed by atoms with van der Waals surface area (Å²) in [6.07, 6.45) is 4.22. The molecule has 25 heavy (non-hydrogen) atoms. The van der Waals surface area contributed by atoms with Crippen molar-refractivity contribution in [2.45, 2.75) is 51.7 Å². The van der Waals surface area contributed by atoms with Crippen molar-refractivity contribution in [2.75, 3.05) is 13.1 Å². The fourth-order valence-electron chi connectivity index (χ4n) is 3.12. The van der Waals surface area contributed by atoms with Gasteiger partial charge in [0.25, 0.3) is 11.8 Å². The van der Waals surface area contributed by atoms with Crippen molar-refractivity contribution in [3.63, 3.8) is 0 Å². The number of oxime groups is 1. The summed E-state index contributed by atoms with van der Waals surface area (Å²) in [5.41, 5.74) is 2.58. The van der Waals surface area contributed by atoms with E-state index in [2.05, 4.69) is 10.5 Å². The Morgan fingerprint density at radius 1 is 1.20 bits per heavy atom. The minimum atomic E-state index is -0.519. The van der Waals surface area contributed by atoms with Crippen LogP contribution in [0.2, 0.25) is 0 Å². The molecule has 2 aliphatic rings. The summed E-state index contributed by atoms with van der Waals surface area (Å²) in [6, 6.07) is 7.45. The maximum atomic E-state index is 12.4. The van der Waals surface area contributed by atoms with Crippen molar-refractivity contribution in [3.8, 4) is 0 Å². The molecule has 6 heteroatoms. The van der Waals surface area contributed by atoms with E-state index in [0.29, 0.717) is 18.5 Å². The SMILES string of the molecule is CCC1=NOC(C(=O)NCc2ccc(C(=O)N3CCCCC3)cc2)C1. The Kier molecular flexibility index (Phi) is 5.68. The Morgan fingerprint density at radius 3 is 2.56 bits per heavy atom. The van der Waals surface area contributed by atoms with Crippen molar-refractivity contribution < 1.29 is 14.4 Å². The van der Waals surface area contributed by atoms with Crippen LogP contribution >= 0.6 is 0 Å². The van der Waals surface area contributed by atoms with Crippen LogP contribution in [0, 0.1) is 0 Å². The fraction of sp³-hybridized carbons (Fsp3) is 0.526. The molecule has 2 amide bonds. The summed E-state index contributed by atoms with van der Waals surface area (Å²) in [7, 11) is 0. The van der Waals surface area contributed by atoms with E-state index in [-0.39, 0.29) is 11.8 Å². The topological polar surface area (TPSA) is 71.0 Å². The Morgan fingerprint density at radius 2 is 1.92 bits per heavy atom. The van der Waals surface area contributed by atoms with Gasteiger partial charge in [-0.3, -0.25) is 9.59 Å². The third-order valence-corrected chi connectivity index (χ3v) is 4.74. The molecule has 0 bridgehead atoms. The second-order valence-electron chi connectivity index (χ2n) is 6.58. The highest BCUT2D eigenvalue weighted by Crippen LogP contribution is 2.15. The second-order valence-corrected chi connectivity index (χ2v) is 6.58. The summed E-state index contributed by atoms with van der Waals surface area (Å²) in [4.78, 5) is 31.6. The molecule has 1 aromatic rings. The molecule has 1 fully saturated rings. The highest BCUT2D eigenvalue weighted by molar-refractivity contribution is 5.94. The van der Waals surface area contributed by atoms with Crippen molar-refractivity contribution in [3.05, 3.63) is 35.4 Å². The summed E-state index contributed by atoms with van der Waals surface area (Å²) in [5.74, 6) is -0.0560. The van der Waals surface area contributed by atoms with Gasteiger partial charge >= 0.3 is 0 Å². The molecule has 0 spiro atoms. The van der Waals surface area contributed by atoms with Gasteiger partial charge < -0.3 is 15.1 Å². The number of carbonyl (C=O) groups excluding carboxylic acids is 2. The van der Waals surface area contributed by atoms with E-state index >= 15 is 0 Å². The largest absolute Gasteiger partial charge is 0.382 e. The van der Waals surface area contributed by atoms with Gasteiger partial charge in [0, 0.05) is 31.6 Å². The summed E-state index contributed by atoms with van der Waals surface area (Å²) < 4.78 is 0. The quantitative estimate of drug-likeness (QED) is 0.893. The first-order chi connectivity index (χ1) is 12.2. The average molecular weight is 343 g/mol. The number of nitrogens with one attached hydrogen (secondary N) is 1. The summed E-state index contributed by atoms with van der Waals surface area (Å²) >= 11 is 0. The molecule has 3 rings (SSSR count). The zero-order valence-corrected chi connectivity index (χ0v) is 14.7. The minimum Gasteiger partial charge on any atom is -0.382 e. The van der Waals surface area contributed by atoms with Gasteiger partial charge in [-0.2, -0.15) is 0 Å². The lowest BCUT2D eigenvalue weighted by Gasteiger charge is -2.26. The lowest BCUT2D eigenvalue weighted by Crippen LogP contribution is -2.35. The number of rotatable bonds is 5. The first-order valence-electron chi connectivity index (χ1n) is 9.05. The van der Waals surface area contributed by atoms with Crippen LogP contribution in [0.1, 0.15) is 54.9 Å². The number of likely N-dealkylation sites (tertiary alicyclic amines) is 1. The molecule has 6 nitrogen and oxygen atoms in total. The third-order valence-electron chi connectivity index (χ3n) is 4.74. The van der Waals surface area contributed by atoms with E-state index in [0.717, 1.165) is 43.6 Å². The van der Waals surface area contributed by atoms with Gasteiger partial charge in [0.05, 0.1) is 5.71 Å². The number of carbonyl (C=O) groups is 2. The van der Waals surface area contributed by atoms with E-state index in [1.54, 1.807) is 0 Å². The van der Waals surface area contributed by atoms with E-state index < -0.39 is 6.10 Å². The molecule has 1 saturated heterocycles. The van der Waals surface area contributed by atoms with Crippen LogP contribution < -0.4 is 5.32 Å². The van der Waals surface area contributed by atoms with Gasteiger partial charge in [-0.25, -0.2) is 0 Å². The van der Waals surface area contributed by atoms with Gasteiger partial charge in [-0.05, 0) is 43.4 Å². The number of nitrogens with zero attached hydrogens (tertiary/aromatic N) is 2. The predicted octanol–water partition coefficient (Wildman–Crippen LogP) is 2.48. The highest BCUT2D eigenvalue weighted by Gasteiger charge is 2.26. The van der Waals surface area contributed by atoms with E-state index in [4.69, 9.17) is 4.84 Å². The molecule has 1 atom stereocenters. The Hall–Kier alpha value is -2.37. The van der Waals surface area contributed by atoms with Crippen LogP contribution in [0.4, 0.5) is 0 Å². The van der Waals surface area contributed by atoms with Crippen LogP contribution in [-0.2, 0) is 16.2 Å². The lowest BCUT2D eigenvalue weighted by molar-refractivity contribution is -0.131. The first-order valence-corrected chi connectivity index (χ1v) is 9.05. The third kappa shape index (κ3) is 4.38. The predicted molar refractivity (Wildman–Crippen MR) is 95.3 cm³/mol. The van der Waals surface area contributed by atoms with Crippen LogP contribution in [0.25, 0.3) is 0 Å². The number of piperidine rings is 1. The standard InChI is InChI=1S/C19H25N3O3/c1-2-16-12-17(25-21-16)18(23)20-13-14-6-8-15(9-7-14)19(24)22-10-4-3-5-11-22/h6-9,17H,2-5,10-13H2,1H3,(H,20,23). The van der Waals surface area contributed by atoms with Gasteiger partial charge in [0.2, 0.25) is 6.10 Å². The molecule has 2 aliphatic heterocycles. The maximum absolute atomic E-state index is 12.4. The lowest BCUT2D eigenvalue weighted by atomic mass is 10.1. The van der Waals surface area contributed by atoms with Crippen LogP contribution in [0.3, 0.4) is 0 Å². The molecule has 1 aromatic carbocycles. The summed E-state index contributed by atoms with van der Waals surface area (Å²) in [6.45, 7) is 4.10. The van der Waals surface area contributed by atoms with Crippen molar-refractivity contribution >= 4 is 17.5 Å². The Bertz CT molecular complexity index is 648. The molecular weight excluding hydrogens is 318 g/mol. The van der Waals surface area contributed by atoms with Crippen molar-refractivity contribution in [1.82, 2.24) is 10.2 Å². The van der Waals surface area contributed by atoms with Gasteiger partial charge in [-0.15, -0.1) is 0 Å². The Labute approximate surface area is 148 Å². The molecule has 134 valence electrons. The average Bonchev–Trinajstić information content (AvgIpc) is 3.16. The van der Waals surface area contributed by atoms with Crippen LogP contribution in [0.15, 0.2) is 29.4 Å². The number of hydrogen-bond acceptors (Lipinski definition) is 4. The first kappa shape index (κ1) is 17.5. The van der Waals surface area contributed by atoms with Gasteiger partial charge in [-0.1, -0.05) is 24.2 Å². The Balaban J connectivity index is 1.49. The van der Waals surface area contributed by atoms with E-state index in [1.165, 1.54) is 6.42 Å². The fourth-order valence-corrected chi connectivity index (χ4v) is 3.12. The molecule has 1 N–H and O–H groups in total. The molecule has 0 saturated carbocycles. The smallest absolute Gasteiger partial charge is 0.264 e. The number of benzene rings is 1. The zero-order valence-electron chi connectivity index (χ0n) is 14.7. The van der Waals surface area contributed by atoms with Crippen molar-refractivity contribution in [2.24, 2.45) is 5.16 Å². The maximum Gasteiger partial charge on any atom is 0.264 e. The van der Waals surface area contributed by atoms with E-state index in [1.807, 2.05) is 36.1 Å². The van der Waals surface area contributed by atoms with Crippen LogP contribution in [0.5, 0.6) is 0 Å². The van der Waals surface area contributed by atoms with Gasteiger partial charge in [0.1, 0.15) is 0 Å². The normalized spacial score (nSPS) is 20.0. The molecule has 2 heterocycles. The molecule has 0 aliphatic carbocycles. The summed E-state index contributed by atoms with van der Waals surface area (Å²) in [5, 5.41) is 6.77. The molecular formula is C19H25N3O3. The van der Waals surface area contributed by atoms with Crippen molar-refractivity contribution in [1.29, 1.82) is 0 Å².